The van der Waals surface area contributed by atoms with E-state index in [0.717, 1.165) is 18.9 Å². The third-order valence-corrected chi connectivity index (χ3v) is 1.37. The lowest BCUT2D eigenvalue weighted by Gasteiger charge is -2.19. The van der Waals surface area contributed by atoms with Gasteiger partial charge in [0.1, 0.15) is 5.84 Å². The Bertz CT molecular complexity index is 186. The van der Waals surface area contributed by atoms with Crippen LogP contribution in [-0.4, -0.2) is 30.7 Å². The summed E-state index contributed by atoms with van der Waals surface area (Å²) >= 11 is 0. The standard InChI is InChI=1S/C8H15N3/c1-8(2,3)11-6-7-9-4-5-10-7/h4,11H,5-6H2,1-3H3. The molecule has 1 aliphatic rings. The van der Waals surface area contributed by atoms with Crippen LogP contribution in [0.5, 0.6) is 0 Å². The molecule has 0 aromatic heterocycles. The average Bonchev–Trinajstić information content (AvgIpc) is 2.32. The summed E-state index contributed by atoms with van der Waals surface area (Å²) in [4.78, 5) is 8.27. The molecule has 0 unspecified atom stereocenters. The van der Waals surface area contributed by atoms with Crippen LogP contribution in [0.25, 0.3) is 0 Å². The summed E-state index contributed by atoms with van der Waals surface area (Å²) in [6.45, 7) is 7.92. The predicted molar refractivity (Wildman–Crippen MR) is 48.5 cm³/mol. The van der Waals surface area contributed by atoms with Gasteiger partial charge in [0.15, 0.2) is 0 Å². The minimum atomic E-state index is 0.153. The van der Waals surface area contributed by atoms with Crippen LogP contribution in [0.1, 0.15) is 20.8 Å². The van der Waals surface area contributed by atoms with Gasteiger partial charge in [-0.15, -0.1) is 0 Å². The molecule has 0 spiro atoms. The van der Waals surface area contributed by atoms with Crippen molar-refractivity contribution in [2.75, 3.05) is 13.1 Å². The molecule has 0 aromatic rings. The highest BCUT2D eigenvalue weighted by atomic mass is 15.0. The lowest BCUT2D eigenvalue weighted by Crippen LogP contribution is -2.38. The summed E-state index contributed by atoms with van der Waals surface area (Å²) in [5.74, 6) is 0.917. The van der Waals surface area contributed by atoms with E-state index >= 15 is 0 Å². The van der Waals surface area contributed by atoms with Gasteiger partial charge in [0.25, 0.3) is 0 Å². The maximum Gasteiger partial charge on any atom is 0.137 e. The van der Waals surface area contributed by atoms with Gasteiger partial charge < -0.3 is 5.32 Å². The first kappa shape index (κ1) is 8.40. The highest BCUT2D eigenvalue weighted by Crippen LogP contribution is 1.98. The van der Waals surface area contributed by atoms with Crippen molar-refractivity contribution in [3.05, 3.63) is 0 Å². The van der Waals surface area contributed by atoms with Gasteiger partial charge in [-0.3, -0.25) is 4.99 Å². The zero-order valence-corrected chi connectivity index (χ0v) is 7.39. The Morgan fingerprint density at radius 2 is 2.27 bits per heavy atom. The van der Waals surface area contributed by atoms with Crippen LogP contribution < -0.4 is 5.32 Å². The highest BCUT2D eigenvalue weighted by Gasteiger charge is 2.10. The van der Waals surface area contributed by atoms with E-state index in [4.69, 9.17) is 0 Å². The van der Waals surface area contributed by atoms with Gasteiger partial charge in [-0.05, 0) is 20.8 Å². The lowest BCUT2D eigenvalue weighted by molar-refractivity contribution is 0.454. The number of nitrogens with one attached hydrogen (secondary N) is 1. The van der Waals surface area contributed by atoms with Gasteiger partial charge in [-0.1, -0.05) is 0 Å². The molecule has 1 heterocycles. The smallest absolute Gasteiger partial charge is 0.137 e. The van der Waals surface area contributed by atoms with Gasteiger partial charge in [0.2, 0.25) is 0 Å². The number of rotatable bonds is 2. The molecule has 0 amide bonds. The molecule has 1 N–H and O–H groups in total. The van der Waals surface area contributed by atoms with Gasteiger partial charge in [0.05, 0.1) is 13.1 Å². The maximum absolute atomic E-state index is 4.17. The molecule has 11 heavy (non-hydrogen) atoms. The molecule has 0 radical (unpaired) electrons. The van der Waals surface area contributed by atoms with E-state index in [2.05, 4.69) is 36.1 Å². The van der Waals surface area contributed by atoms with E-state index in [0.29, 0.717) is 0 Å². The molecule has 0 bridgehead atoms. The lowest BCUT2D eigenvalue weighted by atomic mass is 10.1. The Labute approximate surface area is 67.6 Å². The molecule has 3 heteroatoms. The first-order chi connectivity index (χ1) is 5.08. The first-order valence-electron chi connectivity index (χ1n) is 3.89. The van der Waals surface area contributed by atoms with E-state index in [1.807, 2.05) is 6.21 Å². The molecule has 0 atom stereocenters. The Kier molecular flexibility index (Phi) is 2.39. The molecule has 1 aliphatic heterocycles. The van der Waals surface area contributed by atoms with Crippen LogP contribution in [0.15, 0.2) is 9.98 Å². The van der Waals surface area contributed by atoms with Crippen molar-refractivity contribution in [2.45, 2.75) is 26.3 Å². The van der Waals surface area contributed by atoms with Gasteiger partial charge in [-0.25, -0.2) is 4.99 Å². The van der Waals surface area contributed by atoms with Crippen molar-refractivity contribution in [3.63, 3.8) is 0 Å². The monoisotopic (exact) mass is 153 g/mol. The van der Waals surface area contributed by atoms with Crippen LogP contribution in [-0.2, 0) is 0 Å². The molecular weight excluding hydrogens is 138 g/mol. The third kappa shape index (κ3) is 3.28. The van der Waals surface area contributed by atoms with Crippen LogP contribution in [0, 0.1) is 0 Å². The van der Waals surface area contributed by atoms with Crippen molar-refractivity contribution < 1.29 is 0 Å². The van der Waals surface area contributed by atoms with Crippen molar-refractivity contribution in [1.29, 1.82) is 0 Å². The van der Waals surface area contributed by atoms with Crippen molar-refractivity contribution in [1.82, 2.24) is 5.32 Å². The topological polar surface area (TPSA) is 36.8 Å². The molecule has 0 saturated carbocycles. The second kappa shape index (κ2) is 3.13. The fourth-order valence-electron chi connectivity index (χ4n) is 0.779. The number of hydrogen-bond acceptors (Lipinski definition) is 3. The molecule has 0 saturated heterocycles. The van der Waals surface area contributed by atoms with Crippen LogP contribution in [0.4, 0.5) is 0 Å². The second-order valence-corrected chi connectivity index (χ2v) is 3.67. The molecule has 0 aliphatic carbocycles. The number of hydrogen-bond donors (Lipinski definition) is 1. The van der Waals surface area contributed by atoms with E-state index in [1.165, 1.54) is 0 Å². The second-order valence-electron chi connectivity index (χ2n) is 3.67. The molecular formula is C8H15N3. The SMILES string of the molecule is CC(C)(C)NCC1=NCC=N1. The van der Waals surface area contributed by atoms with E-state index in [9.17, 15) is 0 Å². The summed E-state index contributed by atoms with van der Waals surface area (Å²) in [5, 5.41) is 3.32. The van der Waals surface area contributed by atoms with Crippen molar-refractivity contribution >= 4 is 12.1 Å². The zero-order chi connectivity index (χ0) is 8.32. The molecule has 1 rings (SSSR count). The molecule has 62 valence electrons. The van der Waals surface area contributed by atoms with Crippen molar-refractivity contribution in [3.8, 4) is 0 Å². The van der Waals surface area contributed by atoms with E-state index < -0.39 is 0 Å². The minimum Gasteiger partial charge on any atom is -0.305 e. The van der Waals surface area contributed by atoms with Crippen molar-refractivity contribution in [2.24, 2.45) is 9.98 Å². The summed E-state index contributed by atoms with van der Waals surface area (Å²) in [7, 11) is 0. The predicted octanol–water partition coefficient (Wildman–Crippen LogP) is 0.857. The van der Waals surface area contributed by atoms with Gasteiger partial charge in [-0.2, -0.15) is 0 Å². The summed E-state index contributed by atoms with van der Waals surface area (Å²) < 4.78 is 0. The fraction of sp³-hybridized carbons (Fsp3) is 0.750. The normalized spacial score (nSPS) is 17.2. The van der Waals surface area contributed by atoms with Crippen LogP contribution in [0.2, 0.25) is 0 Å². The maximum atomic E-state index is 4.17. The summed E-state index contributed by atoms with van der Waals surface area (Å²) in [6, 6.07) is 0. The third-order valence-electron chi connectivity index (χ3n) is 1.37. The van der Waals surface area contributed by atoms with Crippen LogP contribution in [0.3, 0.4) is 0 Å². The molecule has 3 nitrogen and oxygen atoms in total. The fourth-order valence-corrected chi connectivity index (χ4v) is 0.779. The zero-order valence-electron chi connectivity index (χ0n) is 7.39. The number of nitrogens with zero attached hydrogens (tertiary/aromatic N) is 2. The summed E-state index contributed by atoms with van der Waals surface area (Å²) in [6.07, 6.45) is 1.83. The average molecular weight is 153 g/mol. The molecule has 0 aromatic carbocycles. The van der Waals surface area contributed by atoms with E-state index in [-0.39, 0.29) is 5.54 Å². The highest BCUT2D eigenvalue weighted by molar-refractivity contribution is 5.95. The Balaban J connectivity index is 2.28. The Hall–Kier alpha value is -0.700. The minimum absolute atomic E-state index is 0.153. The van der Waals surface area contributed by atoms with Gasteiger partial charge in [0, 0.05) is 11.8 Å². The molecule has 0 fully saturated rings. The number of aliphatic imine (C=N–C) groups is 2. The Morgan fingerprint density at radius 3 is 2.73 bits per heavy atom. The summed E-state index contributed by atoms with van der Waals surface area (Å²) in [5.41, 5.74) is 0.153. The van der Waals surface area contributed by atoms with Crippen LogP contribution >= 0.6 is 0 Å². The van der Waals surface area contributed by atoms with E-state index in [1.54, 1.807) is 0 Å². The number of amidine groups is 1. The van der Waals surface area contributed by atoms with Gasteiger partial charge >= 0.3 is 0 Å². The largest absolute Gasteiger partial charge is 0.305 e. The quantitative estimate of drug-likeness (QED) is 0.627. The Morgan fingerprint density at radius 1 is 1.55 bits per heavy atom. The first-order valence-corrected chi connectivity index (χ1v) is 3.89.